The lowest BCUT2D eigenvalue weighted by molar-refractivity contribution is 0.369. The second kappa shape index (κ2) is 5.38. The summed E-state index contributed by atoms with van der Waals surface area (Å²) in [7, 11) is 1.45. The van der Waals surface area contributed by atoms with Gasteiger partial charge in [-0.2, -0.15) is 10.5 Å². The van der Waals surface area contributed by atoms with Crippen molar-refractivity contribution < 1.29 is 4.74 Å². The maximum atomic E-state index is 8.75. The van der Waals surface area contributed by atoms with Crippen molar-refractivity contribution in [1.82, 2.24) is 0 Å². The first-order chi connectivity index (χ1) is 7.22. The van der Waals surface area contributed by atoms with Gasteiger partial charge in [0, 0.05) is 9.13 Å². The standard InChI is InChI=1S/C11H7IN2O/c1-15-11(9(6-13)7-14)8-3-2-4-10(12)5-8/h2-5H,1H3. The summed E-state index contributed by atoms with van der Waals surface area (Å²) in [5, 5.41) is 17.5. The highest BCUT2D eigenvalue weighted by molar-refractivity contribution is 14.1. The number of ether oxygens (including phenoxy) is 1. The van der Waals surface area contributed by atoms with Crippen LogP contribution in [0.15, 0.2) is 29.8 Å². The topological polar surface area (TPSA) is 56.8 Å². The third-order valence-corrected chi connectivity index (χ3v) is 2.41. The van der Waals surface area contributed by atoms with Crippen LogP contribution in [0.5, 0.6) is 0 Å². The van der Waals surface area contributed by atoms with Crippen LogP contribution in [0.1, 0.15) is 5.56 Å². The maximum Gasteiger partial charge on any atom is 0.172 e. The minimum atomic E-state index is -0.0144. The average molecular weight is 310 g/mol. The molecular formula is C11H7IN2O. The first-order valence-electron chi connectivity index (χ1n) is 4.07. The largest absolute Gasteiger partial charge is 0.494 e. The fourth-order valence-electron chi connectivity index (χ4n) is 1.12. The van der Waals surface area contributed by atoms with E-state index in [4.69, 9.17) is 15.3 Å². The van der Waals surface area contributed by atoms with E-state index in [9.17, 15) is 0 Å². The van der Waals surface area contributed by atoms with Crippen LogP contribution >= 0.6 is 22.6 Å². The van der Waals surface area contributed by atoms with Crippen LogP contribution in [0.25, 0.3) is 5.76 Å². The van der Waals surface area contributed by atoms with Gasteiger partial charge in [0.2, 0.25) is 0 Å². The van der Waals surface area contributed by atoms with Crippen LogP contribution in [0, 0.1) is 26.2 Å². The summed E-state index contributed by atoms with van der Waals surface area (Å²) < 4.78 is 6.09. The van der Waals surface area contributed by atoms with Crippen LogP contribution in [-0.2, 0) is 4.74 Å². The lowest BCUT2D eigenvalue weighted by Crippen LogP contribution is -1.92. The zero-order chi connectivity index (χ0) is 11.3. The van der Waals surface area contributed by atoms with E-state index in [0.29, 0.717) is 5.76 Å². The van der Waals surface area contributed by atoms with Crippen molar-refractivity contribution in [2.75, 3.05) is 7.11 Å². The lowest BCUT2D eigenvalue weighted by Gasteiger charge is -2.06. The highest BCUT2D eigenvalue weighted by Gasteiger charge is 2.09. The smallest absolute Gasteiger partial charge is 0.172 e. The Morgan fingerprint density at radius 2 is 2.00 bits per heavy atom. The van der Waals surface area contributed by atoms with E-state index in [0.717, 1.165) is 9.13 Å². The number of methoxy groups -OCH3 is 1. The van der Waals surface area contributed by atoms with Gasteiger partial charge in [-0.05, 0) is 34.7 Å². The molecule has 0 aliphatic rings. The van der Waals surface area contributed by atoms with Gasteiger partial charge in [-0.1, -0.05) is 12.1 Å². The molecule has 0 amide bonds. The minimum Gasteiger partial charge on any atom is -0.494 e. The highest BCUT2D eigenvalue weighted by atomic mass is 127. The monoisotopic (exact) mass is 310 g/mol. The summed E-state index contributed by atoms with van der Waals surface area (Å²) in [6, 6.07) is 11.1. The number of halogens is 1. The molecule has 0 radical (unpaired) electrons. The molecule has 1 aromatic carbocycles. The molecule has 1 aromatic rings. The normalized spacial score (nSPS) is 8.53. The zero-order valence-corrected chi connectivity index (χ0v) is 10.1. The summed E-state index contributed by atoms with van der Waals surface area (Å²) in [6.07, 6.45) is 0. The van der Waals surface area contributed by atoms with Gasteiger partial charge >= 0.3 is 0 Å². The summed E-state index contributed by atoms with van der Waals surface area (Å²) in [6.45, 7) is 0. The van der Waals surface area contributed by atoms with Crippen LogP contribution in [-0.4, -0.2) is 7.11 Å². The molecule has 0 unspecified atom stereocenters. The average Bonchev–Trinajstić information content (AvgIpc) is 2.25. The Balaban J connectivity index is 3.33. The lowest BCUT2D eigenvalue weighted by atomic mass is 10.1. The number of nitriles is 2. The fourth-order valence-corrected chi connectivity index (χ4v) is 1.66. The molecule has 74 valence electrons. The van der Waals surface area contributed by atoms with Gasteiger partial charge in [0.1, 0.15) is 12.1 Å². The van der Waals surface area contributed by atoms with Crippen LogP contribution in [0.4, 0.5) is 0 Å². The van der Waals surface area contributed by atoms with Crippen molar-refractivity contribution in [3.05, 3.63) is 39.0 Å². The van der Waals surface area contributed by atoms with E-state index < -0.39 is 0 Å². The van der Waals surface area contributed by atoms with E-state index >= 15 is 0 Å². The Kier molecular flexibility index (Phi) is 4.14. The molecule has 1 rings (SSSR count). The van der Waals surface area contributed by atoms with Crippen molar-refractivity contribution in [1.29, 1.82) is 10.5 Å². The molecule has 15 heavy (non-hydrogen) atoms. The number of hydrogen-bond acceptors (Lipinski definition) is 3. The van der Waals surface area contributed by atoms with Gasteiger partial charge in [0.05, 0.1) is 7.11 Å². The van der Waals surface area contributed by atoms with Crippen LogP contribution in [0.2, 0.25) is 0 Å². The van der Waals surface area contributed by atoms with E-state index in [1.54, 1.807) is 6.07 Å². The molecule has 0 fully saturated rings. The van der Waals surface area contributed by atoms with Gasteiger partial charge in [0.25, 0.3) is 0 Å². The summed E-state index contributed by atoms with van der Waals surface area (Å²) in [5.41, 5.74) is 0.724. The first kappa shape index (κ1) is 11.5. The number of rotatable bonds is 2. The second-order valence-corrected chi connectivity index (χ2v) is 3.89. The van der Waals surface area contributed by atoms with E-state index in [1.807, 2.05) is 30.3 Å². The minimum absolute atomic E-state index is 0.0144. The predicted molar refractivity (Wildman–Crippen MR) is 64.3 cm³/mol. The van der Waals surface area contributed by atoms with Crippen molar-refractivity contribution in [3.63, 3.8) is 0 Å². The molecule has 0 aliphatic carbocycles. The Morgan fingerprint density at radius 3 is 2.47 bits per heavy atom. The van der Waals surface area contributed by atoms with Crippen molar-refractivity contribution in [2.24, 2.45) is 0 Å². The fraction of sp³-hybridized carbons (Fsp3) is 0.0909. The molecular weight excluding hydrogens is 303 g/mol. The Labute approximate surface area is 102 Å². The predicted octanol–water partition coefficient (Wildman–Crippen LogP) is 2.70. The second-order valence-electron chi connectivity index (χ2n) is 2.64. The Bertz CT molecular complexity index is 464. The Hall–Kier alpha value is -1.53. The first-order valence-corrected chi connectivity index (χ1v) is 5.15. The van der Waals surface area contributed by atoms with Crippen LogP contribution in [0.3, 0.4) is 0 Å². The quantitative estimate of drug-likeness (QED) is 0.479. The molecule has 0 aromatic heterocycles. The van der Waals surface area contributed by atoms with Gasteiger partial charge in [-0.15, -0.1) is 0 Å². The van der Waals surface area contributed by atoms with Gasteiger partial charge in [-0.3, -0.25) is 0 Å². The summed E-state index contributed by atoms with van der Waals surface area (Å²) in [4.78, 5) is 0. The number of benzene rings is 1. The molecule has 0 saturated heterocycles. The SMILES string of the molecule is COC(=C(C#N)C#N)c1cccc(I)c1. The molecule has 0 N–H and O–H groups in total. The third kappa shape index (κ3) is 2.71. The van der Waals surface area contributed by atoms with Crippen molar-refractivity contribution in [3.8, 4) is 12.1 Å². The molecule has 0 atom stereocenters. The molecule has 0 bridgehead atoms. The number of allylic oxidation sites excluding steroid dienone is 1. The van der Waals surface area contributed by atoms with Crippen LogP contribution < -0.4 is 0 Å². The van der Waals surface area contributed by atoms with E-state index in [1.165, 1.54) is 7.11 Å². The molecule has 0 aliphatic heterocycles. The molecule has 3 nitrogen and oxygen atoms in total. The highest BCUT2D eigenvalue weighted by Crippen LogP contribution is 2.20. The molecule has 0 saturated carbocycles. The maximum absolute atomic E-state index is 8.75. The number of nitrogens with zero attached hydrogens (tertiary/aromatic N) is 2. The number of hydrogen-bond donors (Lipinski definition) is 0. The third-order valence-electron chi connectivity index (χ3n) is 1.74. The van der Waals surface area contributed by atoms with Gasteiger partial charge in [-0.25, -0.2) is 0 Å². The van der Waals surface area contributed by atoms with Crippen molar-refractivity contribution in [2.45, 2.75) is 0 Å². The molecule has 4 heteroatoms. The zero-order valence-electron chi connectivity index (χ0n) is 7.99. The van der Waals surface area contributed by atoms with Crippen molar-refractivity contribution >= 4 is 28.4 Å². The molecule has 0 heterocycles. The summed E-state index contributed by atoms with van der Waals surface area (Å²) >= 11 is 2.16. The van der Waals surface area contributed by atoms with Gasteiger partial charge in [0.15, 0.2) is 11.3 Å². The summed E-state index contributed by atoms with van der Waals surface area (Å²) in [5.74, 6) is 0.318. The van der Waals surface area contributed by atoms with E-state index in [-0.39, 0.29) is 5.57 Å². The van der Waals surface area contributed by atoms with E-state index in [2.05, 4.69) is 22.6 Å². The Morgan fingerprint density at radius 1 is 1.33 bits per heavy atom. The molecule has 0 spiro atoms. The van der Waals surface area contributed by atoms with Gasteiger partial charge < -0.3 is 4.74 Å².